The number of ketones is 1. The Kier molecular flexibility index (Phi) is 4.73. The van der Waals surface area contributed by atoms with Gasteiger partial charge in [0.25, 0.3) is 0 Å². The molecule has 1 aromatic rings. The van der Waals surface area contributed by atoms with E-state index in [1.807, 2.05) is 0 Å². The lowest BCUT2D eigenvalue weighted by molar-refractivity contribution is -0.120. The van der Waals surface area contributed by atoms with Crippen molar-refractivity contribution in [2.24, 2.45) is 5.92 Å². The second kappa shape index (κ2) is 6.33. The van der Waals surface area contributed by atoms with E-state index in [0.29, 0.717) is 13.2 Å². The summed E-state index contributed by atoms with van der Waals surface area (Å²) >= 11 is 0. The van der Waals surface area contributed by atoms with Crippen LogP contribution in [0, 0.1) is 5.92 Å². The molecule has 0 N–H and O–H groups in total. The van der Waals surface area contributed by atoms with Crippen LogP contribution >= 0.6 is 0 Å². The van der Waals surface area contributed by atoms with Crippen LogP contribution in [0.5, 0.6) is 0 Å². The minimum absolute atomic E-state index is 0.0512. The first-order valence-corrected chi connectivity index (χ1v) is 8.46. The van der Waals surface area contributed by atoms with Crippen LogP contribution in [0.1, 0.15) is 18.4 Å². The highest BCUT2D eigenvalue weighted by Crippen LogP contribution is 2.17. The maximum atomic E-state index is 12.0. The molecule has 0 spiro atoms. The van der Waals surface area contributed by atoms with Gasteiger partial charge in [-0.3, -0.25) is 4.79 Å². The topological polar surface area (TPSA) is 60.4 Å². The van der Waals surface area contributed by atoms with Gasteiger partial charge >= 0.3 is 0 Å². The van der Waals surface area contributed by atoms with E-state index in [0.717, 1.165) is 18.4 Å². The van der Waals surface area contributed by atoms with Gasteiger partial charge in [0.2, 0.25) is 0 Å². The fourth-order valence-electron chi connectivity index (χ4n) is 2.12. The molecule has 1 heterocycles. The van der Waals surface area contributed by atoms with Gasteiger partial charge in [-0.15, -0.1) is 0 Å². The van der Waals surface area contributed by atoms with Gasteiger partial charge in [0.15, 0.2) is 15.6 Å². The van der Waals surface area contributed by atoms with E-state index >= 15 is 0 Å². The Morgan fingerprint density at radius 3 is 2.35 bits per heavy atom. The Morgan fingerprint density at radius 1 is 1.20 bits per heavy atom. The minimum atomic E-state index is -3.17. The van der Waals surface area contributed by atoms with Crippen molar-refractivity contribution in [3.8, 4) is 0 Å². The van der Waals surface area contributed by atoms with Crippen molar-refractivity contribution in [1.82, 2.24) is 0 Å². The lowest BCUT2D eigenvalue weighted by Gasteiger charge is -2.19. The predicted molar refractivity (Wildman–Crippen MR) is 77.1 cm³/mol. The first-order chi connectivity index (χ1) is 9.47. The zero-order valence-electron chi connectivity index (χ0n) is 11.4. The summed E-state index contributed by atoms with van der Waals surface area (Å²) in [7, 11) is -3.17. The highest BCUT2D eigenvalue weighted by molar-refractivity contribution is 7.90. The summed E-state index contributed by atoms with van der Waals surface area (Å²) in [6, 6.07) is 6.50. The molecule has 0 amide bonds. The second-order valence-electron chi connectivity index (χ2n) is 4.96. The number of rotatable bonds is 4. The summed E-state index contributed by atoms with van der Waals surface area (Å²) in [5, 5.41) is 0. The molecule has 1 aliphatic heterocycles. The molecular formula is C15H18O4S. The number of carbonyl (C=O) groups is 1. The Labute approximate surface area is 119 Å². The van der Waals surface area contributed by atoms with Crippen LogP contribution in [-0.4, -0.2) is 33.7 Å². The van der Waals surface area contributed by atoms with E-state index in [2.05, 4.69) is 0 Å². The summed E-state index contributed by atoms with van der Waals surface area (Å²) in [5.74, 6) is 0.163. The molecule has 5 heteroatoms. The molecule has 4 nitrogen and oxygen atoms in total. The van der Waals surface area contributed by atoms with Crippen LogP contribution in [0.15, 0.2) is 35.2 Å². The number of hydrogen-bond donors (Lipinski definition) is 0. The number of allylic oxidation sites excluding steroid dienone is 1. The normalized spacial score (nSPS) is 17.4. The first-order valence-electron chi connectivity index (χ1n) is 6.56. The number of hydrogen-bond acceptors (Lipinski definition) is 4. The average molecular weight is 294 g/mol. The van der Waals surface area contributed by atoms with Gasteiger partial charge in [0.1, 0.15) is 0 Å². The van der Waals surface area contributed by atoms with Gasteiger partial charge in [0, 0.05) is 25.4 Å². The highest BCUT2D eigenvalue weighted by Gasteiger charge is 2.19. The van der Waals surface area contributed by atoms with E-state index in [9.17, 15) is 13.2 Å². The van der Waals surface area contributed by atoms with Crippen LogP contribution < -0.4 is 0 Å². The molecule has 2 rings (SSSR count). The minimum Gasteiger partial charge on any atom is -0.381 e. The average Bonchev–Trinajstić information content (AvgIpc) is 2.45. The third-order valence-electron chi connectivity index (χ3n) is 3.37. The van der Waals surface area contributed by atoms with Crippen molar-refractivity contribution in [3.05, 3.63) is 35.9 Å². The summed E-state index contributed by atoms with van der Waals surface area (Å²) in [6.07, 6.45) is 6.02. The third-order valence-corrected chi connectivity index (χ3v) is 4.50. The molecule has 0 unspecified atom stereocenters. The van der Waals surface area contributed by atoms with Crippen LogP contribution in [0.3, 0.4) is 0 Å². The van der Waals surface area contributed by atoms with Gasteiger partial charge in [-0.05, 0) is 36.6 Å². The van der Waals surface area contributed by atoms with Gasteiger partial charge in [-0.1, -0.05) is 18.2 Å². The smallest absolute Gasteiger partial charge is 0.175 e. The lowest BCUT2D eigenvalue weighted by Crippen LogP contribution is -2.21. The lowest BCUT2D eigenvalue weighted by atomic mass is 9.95. The third kappa shape index (κ3) is 4.02. The second-order valence-corrected chi connectivity index (χ2v) is 6.98. The monoisotopic (exact) mass is 294 g/mol. The number of benzene rings is 1. The van der Waals surface area contributed by atoms with Crippen molar-refractivity contribution in [2.45, 2.75) is 17.7 Å². The predicted octanol–water partition coefficient (Wildman–Crippen LogP) is 2.10. The Bertz CT molecular complexity index is 593. The fourth-order valence-corrected chi connectivity index (χ4v) is 2.75. The number of sulfone groups is 1. The molecule has 0 radical (unpaired) electrons. The summed E-state index contributed by atoms with van der Waals surface area (Å²) in [4.78, 5) is 12.2. The van der Waals surface area contributed by atoms with E-state index < -0.39 is 9.84 Å². The van der Waals surface area contributed by atoms with Crippen LogP contribution in [0.2, 0.25) is 0 Å². The largest absolute Gasteiger partial charge is 0.381 e. The van der Waals surface area contributed by atoms with Crippen molar-refractivity contribution < 1.29 is 17.9 Å². The Morgan fingerprint density at radius 2 is 1.80 bits per heavy atom. The molecule has 1 aliphatic rings. The Balaban J connectivity index is 2.02. The SMILES string of the molecule is CS(=O)(=O)c1ccc(C=CC(=O)C2CCOCC2)cc1. The maximum Gasteiger partial charge on any atom is 0.175 e. The standard InChI is InChI=1S/C15H18O4S/c1-20(17,18)14-5-2-12(3-6-14)4-7-15(16)13-8-10-19-11-9-13/h2-7,13H,8-11H2,1H3. The first kappa shape index (κ1) is 14.9. The van der Waals surface area contributed by atoms with Gasteiger partial charge in [-0.2, -0.15) is 0 Å². The van der Waals surface area contributed by atoms with Crippen LogP contribution in [0.4, 0.5) is 0 Å². The molecule has 0 bridgehead atoms. The van der Waals surface area contributed by atoms with Crippen molar-refractivity contribution in [2.75, 3.05) is 19.5 Å². The molecule has 20 heavy (non-hydrogen) atoms. The molecule has 1 fully saturated rings. The van der Waals surface area contributed by atoms with E-state index in [-0.39, 0.29) is 16.6 Å². The molecule has 0 saturated carbocycles. The van der Waals surface area contributed by atoms with Crippen molar-refractivity contribution >= 4 is 21.7 Å². The Hall–Kier alpha value is -1.46. The zero-order valence-corrected chi connectivity index (χ0v) is 12.2. The van der Waals surface area contributed by atoms with Gasteiger partial charge in [-0.25, -0.2) is 8.42 Å². The van der Waals surface area contributed by atoms with Crippen LogP contribution in [0.25, 0.3) is 6.08 Å². The zero-order chi connectivity index (χ0) is 14.6. The van der Waals surface area contributed by atoms with Crippen molar-refractivity contribution in [1.29, 1.82) is 0 Å². The molecule has 1 saturated heterocycles. The van der Waals surface area contributed by atoms with E-state index in [1.165, 1.54) is 6.26 Å². The number of ether oxygens (including phenoxy) is 1. The quantitative estimate of drug-likeness (QED) is 0.798. The molecular weight excluding hydrogens is 276 g/mol. The molecule has 0 aromatic heterocycles. The molecule has 108 valence electrons. The summed E-state index contributed by atoms with van der Waals surface area (Å²) in [6.45, 7) is 1.29. The van der Waals surface area contributed by atoms with Gasteiger partial charge in [0.05, 0.1) is 4.90 Å². The summed E-state index contributed by atoms with van der Waals surface area (Å²) < 4.78 is 27.9. The molecule has 1 aromatic carbocycles. The fraction of sp³-hybridized carbons (Fsp3) is 0.400. The van der Waals surface area contributed by atoms with Crippen LogP contribution in [-0.2, 0) is 19.4 Å². The molecule has 0 aliphatic carbocycles. The van der Waals surface area contributed by atoms with E-state index in [1.54, 1.807) is 36.4 Å². The molecule has 0 atom stereocenters. The van der Waals surface area contributed by atoms with Gasteiger partial charge < -0.3 is 4.74 Å². The summed E-state index contributed by atoms with van der Waals surface area (Å²) in [5.41, 5.74) is 0.817. The number of carbonyl (C=O) groups excluding carboxylic acids is 1. The highest BCUT2D eigenvalue weighted by atomic mass is 32.2. The maximum absolute atomic E-state index is 12.0. The van der Waals surface area contributed by atoms with E-state index in [4.69, 9.17) is 4.74 Å². The van der Waals surface area contributed by atoms with Crippen molar-refractivity contribution in [3.63, 3.8) is 0 Å².